The lowest BCUT2D eigenvalue weighted by Crippen LogP contribution is -2.05. The minimum Gasteiger partial charge on any atom is -0.494 e. The Bertz CT molecular complexity index is 840. The number of hydrogen-bond donors (Lipinski definition) is 0. The zero-order valence-electron chi connectivity index (χ0n) is 14.4. The molecule has 3 heteroatoms. The lowest BCUT2D eigenvalue weighted by atomic mass is 10.1. The van der Waals surface area contributed by atoms with Crippen LogP contribution >= 0.6 is 0 Å². The number of unbranched alkanes of at least 4 members (excludes halogenated alkanes) is 1. The van der Waals surface area contributed by atoms with E-state index in [4.69, 9.17) is 9.47 Å². The summed E-state index contributed by atoms with van der Waals surface area (Å²) in [7, 11) is 0. The standard InChI is InChI=1S/C22H22O3/c1-2-3-13-24-21-12-11-18-14-20(10-9-19(18)15-21)22(23)25-16-17-7-5-4-6-8-17/h4-12,14-15H,2-3,13,16H2,1H3. The molecule has 0 unspecified atom stereocenters. The van der Waals surface area contributed by atoms with Crippen molar-refractivity contribution in [3.63, 3.8) is 0 Å². The molecule has 0 aromatic heterocycles. The van der Waals surface area contributed by atoms with Gasteiger partial charge in [0, 0.05) is 0 Å². The highest BCUT2D eigenvalue weighted by Gasteiger charge is 2.09. The molecular weight excluding hydrogens is 312 g/mol. The summed E-state index contributed by atoms with van der Waals surface area (Å²) in [6, 6.07) is 21.2. The Labute approximate surface area is 148 Å². The molecule has 3 nitrogen and oxygen atoms in total. The fourth-order valence-electron chi connectivity index (χ4n) is 2.58. The molecule has 0 bridgehead atoms. The van der Waals surface area contributed by atoms with Crippen molar-refractivity contribution < 1.29 is 14.3 Å². The number of esters is 1. The van der Waals surface area contributed by atoms with Crippen LogP contribution in [0.4, 0.5) is 0 Å². The van der Waals surface area contributed by atoms with Crippen LogP contribution in [0.2, 0.25) is 0 Å². The Morgan fingerprint density at radius 3 is 2.48 bits per heavy atom. The molecule has 0 saturated heterocycles. The third kappa shape index (κ3) is 4.60. The van der Waals surface area contributed by atoms with E-state index in [1.165, 1.54) is 0 Å². The molecular formula is C22H22O3. The normalized spacial score (nSPS) is 10.6. The Balaban J connectivity index is 1.68. The topological polar surface area (TPSA) is 35.5 Å². The first-order valence-electron chi connectivity index (χ1n) is 8.64. The fourth-order valence-corrected chi connectivity index (χ4v) is 2.58. The second-order valence-electron chi connectivity index (χ2n) is 5.99. The first-order chi connectivity index (χ1) is 12.3. The van der Waals surface area contributed by atoms with Crippen LogP contribution in [0.15, 0.2) is 66.7 Å². The van der Waals surface area contributed by atoms with Crippen molar-refractivity contribution in [1.82, 2.24) is 0 Å². The highest BCUT2D eigenvalue weighted by molar-refractivity contribution is 5.95. The van der Waals surface area contributed by atoms with Gasteiger partial charge in [-0.3, -0.25) is 0 Å². The predicted octanol–water partition coefficient (Wildman–Crippen LogP) is 5.38. The molecule has 25 heavy (non-hydrogen) atoms. The lowest BCUT2D eigenvalue weighted by Gasteiger charge is -2.08. The molecule has 3 rings (SSSR count). The van der Waals surface area contributed by atoms with E-state index in [1.54, 1.807) is 6.07 Å². The quantitative estimate of drug-likeness (QED) is 0.430. The molecule has 3 aromatic carbocycles. The van der Waals surface area contributed by atoms with Crippen molar-refractivity contribution in [2.75, 3.05) is 6.61 Å². The van der Waals surface area contributed by atoms with Gasteiger partial charge in [0.25, 0.3) is 0 Å². The van der Waals surface area contributed by atoms with E-state index in [2.05, 4.69) is 6.92 Å². The summed E-state index contributed by atoms with van der Waals surface area (Å²) in [5.41, 5.74) is 1.54. The van der Waals surface area contributed by atoms with Gasteiger partial charge < -0.3 is 9.47 Å². The van der Waals surface area contributed by atoms with Gasteiger partial charge >= 0.3 is 5.97 Å². The molecule has 0 fully saturated rings. The first-order valence-corrected chi connectivity index (χ1v) is 8.64. The average molecular weight is 334 g/mol. The summed E-state index contributed by atoms with van der Waals surface area (Å²) in [6.45, 7) is 3.15. The minimum atomic E-state index is -0.311. The van der Waals surface area contributed by atoms with Crippen LogP contribution in [-0.4, -0.2) is 12.6 Å². The maximum atomic E-state index is 12.3. The summed E-state index contributed by atoms with van der Waals surface area (Å²) in [5, 5.41) is 2.05. The van der Waals surface area contributed by atoms with Crippen LogP contribution in [-0.2, 0) is 11.3 Å². The molecule has 128 valence electrons. The van der Waals surface area contributed by atoms with Crippen molar-refractivity contribution in [1.29, 1.82) is 0 Å². The summed E-state index contributed by atoms with van der Waals surface area (Å²) in [4.78, 5) is 12.3. The lowest BCUT2D eigenvalue weighted by molar-refractivity contribution is 0.0473. The van der Waals surface area contributed by atoms with Crippen molar-refractivity contribution in [2.45, 2.75) is 26.4 Å². The van der Waals surface area contributed by atoms with Gasteiger partial charge in [-0.05, 0) is 47.0 Å². The van der Waals surface area contributed by atoms with Gasteiger partial charge in [-0.25, -0.2) is 4.79 Å². The van der Waals surface area contributed by atoms with Gasteiger partial charge in [-0.1, -0.05) is 55.8 Å². The van der Waals surface area contributed by atoms with E-state index in [1.807, 2.05) is 60.7 Å². The van der Waals surface area contributed by atoms with Crippen LogP contribution in [0.5, 0.6) is 5.75 Å². The van der Waals surface area contributed by atoms with Crippen molar-refractivity contribution in [3.05, 3.63) is 77.9 Å². The number of fused-ring (bicyclic) bond motifs is 1. The molecule has 0 saturated carbocycles. The summed E-state index contributed by atoms with van der Waals surface area (Å²) in [5.74, 6) is 0.550. The minimum absolute atomic E-state index is 0.280. The highest BCUT2D eigenvalue weighted by Crippen LogP contribution is 2.23. The van der Waals surface area contributed by atoms with E-state index in [9.17, 15) is 4.79 Å². The van der Waals surface area contributed by atoms with E-state index in [-0.39, 0.29) is 12.6 Å². The van der Waals surface area contributed by atoms with Crippen molar-refractivity contribution in [2.24, 2.45) is 0 Å². The number of rotatable bonds is 7. The molecule has 0 heterocycles. The molecule has 0 aliphatic carbocycles. The summed E-state index contributed by atoms with van der Waals surface area (Å²) >= 11 is 0. The fraction of sp³-hybridized carbons (Fsp3) is 0.227. The van der Waals surface area contributed by atoms with Gasteiger partial charge in [0.05, 0.1) is 12.2 Å². The first kappa shape index (κ1) is 17.0. The molecule has 0 spiro atoms. The van der Waals surface area contributed by atoms with Crippen LogP contribution in [0.25, 0.3) is 10.8 Å². The molecule has 0 aliphatic heterocycles. The largest absolute Gasteiger partial charge is 0.494 e. The number of carbonyl (C=O) groups excluding carboxylic acids is 1. The van der Waals surface area contributed by atoms with Crippen molar-refractivity contribution in [3.8, 4) is 5.75 Å². The molecule has 0 atom stereocenters. The van der Waals surface area contributed by atoms with Gasteiger partial charge in [0.15, 0.2) is 0 Å². The maximum absolute atomic E-state index is 12.3. The number of benzene rings is 3. The van der Waals surface area contributed by atoms with Crippen LogP contribution in [0, 0.1) is 0 Å². The zero-order chi connectivity index (χ0) is 17.5. The maximum Gasteiger partial charge on any atom is 0.338 e. The summed E-state index contributed by atoms with van der Waals surface area (Å²) < 4.78 is 11.1. The molecule has 0 radical (unpaired) electrons. The highest BCUT2D eigenvalue weighted by atomic mass is 16.5. The number of hydrogen-bond acceptors (Lipinski definition) is 3. The molecule has 0 N–H and O–H groups in total. The van der Waals surface area contributed by atoms with Gasteiger partial charge in [0.2, 0.25) is 0 Å². The third-order valence-corrected chi connectivity index (χ3v) is 4.03. The van der Waals surface area contributed by atoms with Crippen LogP contribution < -0.4 is 4.74 Å². The number of ether oxygens (including phenoxy) is 2. The van der Waals surface area contributed by atoms with E-state index < -0.39 is 0 Å². The zero-order valence-corrected chi connectivity index (χ0v) is 14.4. The Kier molecular flexibility index (Phi) is 5.68. The van der Waals surface area contributed by atoms with Gasteiger partial charge in [-0.2, -0.15) is 0 Å². The summed E-state index contributed by atoms with van der Waals surface area (Å²) in [6.07, 6.45) is 2.16. The smallest absolute Gasteiger partial charge is 0.338 e. The number of carbonyl (C=O) groups is 1. The Morgan fingerprint density at radius 2 is 1.68 bits per heavy atom. The SMILES string of the molecule is CCCCOc1ccc2cc(C(=O)OCc3ccccc3)ccc2c1. The molecule has 0 amide bonds. The molecule has 3 aromatic rings. The van der Waals surface area contributed by atoms with Crippen LogP contribution in [0.1, 0.15) is 35.7 Å². The van der Waals surface area contributed by atoms with Gasteiger partial charge in [-0.15, -0.1) is 0 Å². The Hall–Kier alpha value is -2.81. The monoisotopic (exact) mass is 334 g/mol. The average Bonchev–Trinajstić information content (AvgIpc) is 2.66. The van der Waals surface area contributed by atoms with Crippen molar-refractivity contribution >= 4 is 16.7 Å². The second-order valence-corrected chi connectivity index (χ2v) is 5.99. The van der Waals surface area contributed by atoms with Crippen LogP contribution in [0.3, 0.4) is 0 Å². The Morgan fingerprint density at radius 1 is 0.920 bits per heavy atom. The third-order valence-electron chi connectivity index (χ3n) is 4.03. The van der Waals surface area contributed by atoms with E-state index in [0.29, 0.717) is 5.56 Å². The second kappa shape index (κ2) is 8.34. The van der Waals surface area contributed by atoms with Gasteiger partial charge in [0.1, 0.15) is 12.4 Å². The van der Waals surface area contributed by atoms with E-state index in [0.717, 1.165) is 41.5 Å². The predicted molar refractivity (Wildman–Crippen MR) is 99.9 cm³/mol. The molecule has 0 aliphatic rings. The van der Waals surface area contributed by atoms with E-state index >= 15 is 0 Å².